The number of nitrogens with one attached hydrogen (secondary N) is 1. The number of benzene rings is 1. The molecule has 1 aromatic carbocycles. The van der Waals surface area contributed by atoms with Crippen LogP contribution in [0.25, 0.3) is 6.08 Å². The van der Waals surface area contributed by atoms with E-state index in [1.165, 1.54) is 18.3 Å². The first kappa shape index (κ1) is 12.6. The fraction of sp³-hybridized carbons (Fsp3) is 0. The van der Waals surface area contributed by atoms with Crippen molar-refractivity contribution in [1.29, 1.82) is 0 Å². The van der Waals surface area contributed by atoms with Gasteiger partial charge in [-0.25, -0.2) is 8.42 Å². The topological polar surface area (TPSA) is 76.1 Å². The number of carbonyl (C=O) groups is 1. The molecule has 0 bridgehead atoms. The molecule has 3 rings (SSSR count). The average Bonchev–Trinajstić information content (AvgIpc) is 2.75. The summed E-state index contributed by atoms with van der Waals surface area (Å²) in [6.07, 6.45) is 3.06. The largest absolute Gasteiger partial charge is 0.321 e. The molecular weight excluding hydrogens is 276 g/mol. The van der Waals surface area contributed by atoms with Crippen LogP contribution in [0.1, 0.15) is 16.1 Å². The Morgan fingerprint density at radius 2 is 2.00 bits per heavy atom. The predicted molar refractivity (Wildman–Crippen MR) is 74.9 cm³/mol. The number of pyridine rings is 1. The molecule has 100 valence electrons. The van der Waals surface area contributed by atoms with Gasteiger partial charge < -0.3 is 5.32 Å². The molecule has 1 aliphatic rings. The Morgan fingerprint density at radius 1 is 1.15 bits per heavy atom. The number of hydrogen-bond donors (Lipinski definition) is 1. The third-order valence-corrected chi connectivity index (χ3v) is 4.36. The number of sulfone groups is 1. The van der Waals surface area contributed by atoms with Crippen LogP contribution in [-0.4, -0.2) is 19.3 Å². The maximum atomic E-state index is 11.9. The van der Waals surface area contributed by atoms with Crippen LogP contribution in [0.2, 0.25) is 0 Å². The van der Waals surface area contributed by atoms with E-state index in [1.54, 1.807) is 30.3 Å². The van der Waals surface area contributed by atoms with Gasteiger partial charge in [-0.15, -0.1) is 0 Å². The summed E-state index contributed by atoms with van der Waals surface area (Å²) in [6, 6.07) is 9.77. The van der Waals surface area contributed by atoms with Crippen molar-refractivity contribution in [2.45, 2.75) is 4.90 Å². The zero-order valence-corrected chi connectivity index (χ0v) is 11.1. The molecule has 1 N–H and O–H groups in total. The lowest BCUT2D eigenvalue weighted by Crippen LogP contribution is -2.13. The molecule has 1 amide bonds. The molecule has 1 aromatic heterocycles. The maximum absolute atomic E-state index is 11.9. The molecule has 0 atom stereocenters. The van der Waals surface area contributed by atoms with E-state index in [9.17, 15) is 13.2 Å². The van der Waals surface area contributed by atoms with Crippen molar-refractivity contribution in [3.05, 3.63) is 59.3 Å². The average molecular weight is 286 g/mol. The lowest BCUT2D eigenvalue weighted by atomic mass is 10.2. The van der Waals surface area contributed by atoms with Crippen LogP contribution in [0.15, 0.2) is 52.9 Å². The molecule has 0 saturated heterocycles. The zero-order chi connectivity index (χ0) is 14.2. The Kier molecular flexibility index (Phi) is 2.87. The van der Waals surface area contributed by atoms with Gasteiger partial charge in [0.2, 0.25) is 9.84 Å². The van der Waals surface area contributed by atoms with E-state index >= 15 is 0 Å². The third kappa shape index (κ3) is 2.21. The molecule has 1 aliphatic heterocycles. The van der Waals surface area contributed by atoms with E-state index in [0.717, 1.165) is 5.41 Å². The molecule has 0 saturated carbocycles. The van der Waals surface area contributed by atoms with Crippen LogP contribution in [0.3, 0.4) is 0 Å². The van der Waals surface area contributed by atoms with Crippen molar-refractivity contribution in [2.24, 2.45) is 0 Å². The normalized spacial score (nSPS) is 14.8. The smallest absolute Gasteiger partial charge is 0.274 e. The lowest BCUT2D eigenvalue weighted by Gasteiger charge is -2.06. The number of amides is 1. The van der Waals surface area contributed by atoms with Crippen LogP contribution >= 0.6 is 0 Å². The first-order valence-electron chi connectivity index (χ1n) is 5.86. The third-order valence-electron chi connectivity index (χ3n) is 2.90. The fourth-order valence-electron chi connectivity index (χ4n) is 1.92. The van der Waals surface area contributed by atoms with Gasteiger partial charge in [0.1, 0.15) is 5.69 Å². The van der Waals surface area contributed by atoms with Gasteiger partial charge in [0.25, 0.3) is 5.91 Å². The monoisotopic (exact) mass is 286 g/mol. The summed E-state index contributed by atoms with van der Waals surface area (Å²) in [5.74, 6) is -0.381. The molecule has 0 spiro atoms. The van der Waals surface area contributed by atoms with E-state index in [1.807, 2.05) is 0 Å². The standard InChI is InChI=1S/C14H10N2O3S/c17-14(12-3-1-2-7-15-12)16-11-5-4-10-6-8-20(18,19)13(10)9-11/h1-9H,(H,16,17). The Labute approximate surface area is 115 Å². The van der Waals surface area contributed by atoms with Gasteiger partial charge >= 0.3 is 0 Å². The van der Waals surface area contributed by atoms with Gasteiger partial charge in [0.15, 0.2) is 0 Å². The highest BCUT2D eigenvalue weighted by Crippen LogP contribution is 2.29. The van der Waals surface area contributed by atoms with Crippen molar-refractivity contribution in [3.8, 4) is 0 Å². The van der Waals surface area contributed by atoms with E-state index in [0.29, 0.717) is 11.3 Å². The van der Waals surface area contributed by atoms with Crippen LogP contribution in [0, 0.1) is 0 Å². The number of carbonyl (C=O) groups excluding carboxylic acids is 1. The number of fused-ring (bicyclic) bond motifs is 1. The minimum atomic E-state index is -3.38. The first-order valence-corrected chi connectivity index (χ1v) is 7.40. The molecule has 5 nitrogen and oxygen atoms in total. The van der Waals surface area contributed by atoms with Gasteiger partial charge in [-0.05, 0) is 35.9 Å². The number of rotatable bonds is 2. The quantitative estimate of drug-likeness (QED) is 0.917. The number of hydrogen-bond acceptors (Lipinski definition) is 4. The summed E-state index contributed by atoms with van der Waals surface area (Å²) in [7, 11) is -3.38. The van der Waals surface area contributed by atoms with E-state index in [4.69, 9.17) is 0 Å². The van der Waals surface area contributed by atoms with E-state index in [2.05, 4.69) is 10.3 Å². The van der Waals surface area contributed by atoms with Crippen molar-refractivity contribution in [1.82, 2.24) is 4.98 Å². The molecule has 6 heteroatoms. The molecule has 0 unspecified atom stereocenters. The molecule has 0 aliphatic carbocycles. The fourth-order valence-corrected chi connectivity index (χ4v) is 3.15. The van der Waals surface area contributed by atoms with Crippen LogP contribution in [0.5, 0.6) is 0 Å². The summed E-state index contributed by atoms with van der Waals surface area (Å²) in [5, 5.41) is 3.79. The second kappa shape index (κ2) is 4.57. The molecule has 20 heavy (non-hydrogen) atoms. The first-order chi connectivity index (χ1) is 9.56. The summed E-state index contributed by atoms with van der Waals surface area (Å²) in [6.45, 7) is 0. The molecule has 0 radical (unpaired) electrons. The van der Waals surface area contributed by atoms with Gasteiger partial charge in [-0.1, -0.05) is 12.1 Å². The Balaban J connectivity index is 1.89. The van der Waals surface area contributed by atoms with Crippen LogP contribution in [-0.2, 0) is 9.84 Å². The van der Waals surface area contributed by atoms with Crippen LogP contribution in [0.4, 0.5) is 5.69 Å². The number of nitrogens with zero attached hydrogens (tertiary/aromatic N) is 1. The van der Waals surface area contributed by atoms with Gasteiger partial charge in [-0.3, -0.25) is 9.78 Å². The van der Waals surface area contributed by atoms with Gasteiger partial charge in [0.05, 0.1) is 4.90 Å². The SMILES string of the molecule is O=C(Nc1ccc2c(c1)S(=O)(=O)C=C2)c1ccccn1. The van der Waals surface area contributed by atoms with Crippen LogP contribution < -0.4 is 5.32 Å². The van der Waals surface area contributed by atoms with E-state index in [-0.39, 0.29) is 16.5 Å². The van der Waals surface area contributed by atoms with Crippen molar-refractivity contribution in [3.63, 3.8) is 0 Å². The van der Waals surface area contributed by atoms with Gasteiger partial charge in [0, 0.05) is 17.3 Å². The molecule has 2 heterocycles. The van der Waals surface area contributed by atoms with Crippen molar-refractivity contribution < 1.29 is 13.2 Å². The summed E-state index contributed by atoms with van der Waals surface area (Å²) < 4.78 is 23.5. The highest BCUT2D eigenvalue weighted by atomic mass is 32.2. The Hall–Kier alpha value is -2.47. The maximum Gasteiger partial charge on any atom is 0.274 e. The Morgan fingerprint density at radius 3 is 2.75 bits per heavy atom. The predicted octanol–water partition coefficient (Wildman–Crippen LogP) is 2.09. The highest BCUT2D eigenvalue weighted by molar-refractivity contribution is 7.94. The molecule has 0 fully saturated rings. The second-order valence-corrected chi connectivity index (χ2v) is 6.07. The van der Waals surface area contributed by atoms with Crippen molar-refractivity contribution >= 4 is 27.5 Å². The summed E-state index contributed by atoms with van der Waals surface area (Å²) in [5.41, 5.74) is 1.32. The number of anilines is 1. The van der Waals surface area contributed by atoms with Crippen molar-refractivity contribution in [2.75, 3.05) is 5.32 Å². The second-order valence-electron chi connectivity index (χ2n) is 4.27. The van der Waals surface area contributed by atoms with E-state index < -0.39 is 9.84 Å². The van der Waals surface area contributed by atoms with Gasteiger partial charge in [-0.2, -0.15) is 0 Å². The Bertz CT molecular complexity index is 812. The number of aromatic nitrogens is 1. The zero-order valence-electron chi connectivity index (χ0n) is 10.3. The minimum absolute atomic E-state index is 0.205. The summed E-state index contributed by atoms with van der Waals surface area (Å²) >= 11 is 0. The minimum Gasteiger partial charge on any atom is -0.321 e. The molecule has 2 aromatic rings. The lowest BCUT2D eigenvalue weighted by molar-refractivity contribution is 0.102. The summed E-state index contributed by atoms with van der Waals surface area (Å²) in [4.78, 5) is 16.1. The highest BCUT2D eigenvalue weighted by Gasteiger charge is 2.21. The molecular formula is C14H10N2O3S.